The fourth-order valence-corrected chi connectivity index (χ4v) is 2.77. The SMILES string of the molecule is NC(=S)CN1CCN(C(=O)c2ccccc2Br)CC1. The van der Waals surface area contributed by atoms with Crippen molar-refractivity contribution < 1.29 is 4.79 Å². The van der Waals surface area contributed by atoms with Crippen molar-refractivity contribution >= 4 is 39.0 Å². The number of thiocarbonyl (C=S) groups is 1. The quantitative estimate of drug-likeness (QED) is 0.846. The Labute approximate surface area is 126 Å². The average Bonchev–Trinajstić information content (AvgIpc) is 2.39. The van der Waals surface area contributed by atoms with Crippen LogP contribution in [0.25, 0.3) is 0 Å². The summed E-state index contributed by atoms with van der Waals surface area (Å²) in [5.41, 5.74) is 6.24. The minimum atomic E-state index is 0.0717. The highest BCUT2D eigenvalue weighted by Crippen LogP contribution is 2.18. The first-order valence-corrected chi connectivity index (χ1v) is 7.32. The van der Waals surface area contributed by atoms with Crippen LogP contribution in [-0.2, 0) is 0 Å². The van der Waals surface area contributed by atoms with Crippen molar-refractivity contribution in [3.8, 4) is 0 Å². The summed E-state index contributed by atoms with van der Waals surface area (Å²) in [5.74, 6) is 0.0717. The molecule has 0 aliphatic carbocycles. The first kappa shape index (κ1) is 14.4. The molecule has 0 atom stereocenters. The number of hydrogen-bond acceptors (Lipinski definition) is 3. The minimum Gasteiger partial charge on any atom is -0.392 e. The largest absolute Gasteiger partial charge is 0.392 e. The molecule has 1 saturated heterocycles. The highest BCUT2D eigenvalue weighted by molar-refractivity contribution is 9.10. The van der Waals surface area contributed by atoms with E-state index in [9.17, 15) is 4.79 Å². The van der Waals surface area contributed by atoms with Crippen LogP contribution < -0.4 is 5.73 Å². The standard InChI is InChI=1S/C13H16BrN3OS/c14-11-4-2-1-3-10(11)13(18)17-7-5-16(6-8-17)9-12(15)19/h1-4H,5-9H2,(H2,15,19). The second kappa shape index (κ2) is 6.45. The lowest BCUT2D eigenvalue weighted by atomic mass is 10.2. The van der Waals surface area contributed by atoms with E-state index >= 15 is 0 Å². The van der Waals surface area contributed by atoms with Gasteiger partial charge in [-0.1, -0.05) is 24.4 Å². The summed E-state index contributed by atoms with van der Waals surface area (Å²) in [5, 5.41) is 0. The van der Waals surface area contributed by atoms with Gasteiger partial charge >= 0.3 is 0 Å². The van der Waals surface area contributed by atoms with E-state index in [1.807, 2.05) is 29.2 Å². The monoisotopic (exact) mass is 341 g/mol. The Morgan fingerprint density at radius 3 is 2.47 bits per heavy atom. The Hall–Kier alpha value is -0.980. The highest BCUT2D eigenvalue weighted by atomic mass is 79.9. The maximum Gasteiger partial charge on any atom is 0.255 e. The molecule has 1 aliphatic heterocycles. The summed E-state index contributed by atoms with van der Waals surface area (Å²) in [6, 6.07) is 7.51. The van der Waals surface area contributed by atoms with E-state index in [-0.39, 0.29) is 5.91 Å². The number of halogens is 1. The molecule has 0 spiro atoms. The second-order valence-corrected chi connectivity index (χ2v) is 5.89. The molecule has 2 N–H and O–H groups in total. The summed E-state index contributed by atoms with van der Waals surface area (Å²) in [6.07, 6.45) is 0. The van der Waals surface area contributed by atoms with E-state index in [1.54, 1.807) is 0 Å². The van der Waals surface area contributed by atoms with Crippen LogP contribution in [0.3, 0.4) is 0 Å². The second-order valence-electron chi connectivity index (χ2n) is 4.51. The number of amides is 1. The third kappa shape index (κ3) is 3.75. The van der Waals surface area contributed by atoms with Gasteiger partial charge in [0.15, 0.2) is 0 Å². The number of nitrogens with two attached hydrogens (primary N) is 1. The molecule has 1 aromatic carbocycles. The van der Waals surface area contributed by atoms with Crippen LogP contribution in [0.5, 0.6) is 0 Å². The lowest BCUT2D eigenvalue weighted by molar-refractivity contribution is 0.0653. The normalized spacial score (nSPS) is 16.4. The number of nitrogens with zero attached hydrogens (tertiary/aromatic N) is 2. The summed E-state index contributed by atoms with van der Waals surface area (Å²) in [6.45, 7) is 3.68. The van der Waals surface area contributed by atoms with Gasteiger partial charge in [-0.3, -0.25) is 9.69 Å². The predicted octanol–water partition coefficient (Wildman–Crippen LogP) is 1.49. The summed E-state index contributed by atoms with van der Waals surface area (Å²) < 4.78 is 0.838. The zero-order valence-corrected chi connectivity index (χ0v) is 12.9. The van der Waals surface area contributed by atoms with E-state index in [1.165, 1.54) is 0 Å². The molecule has 1 fully saturated rings. The van der Waals surface area contributed by atoms with Crippen molar-refractivity contribution in [3.63, 3.8) is 0 Å². The van der Waals surface area contributed by atoms with Crippen molar-refractivity contribution in [2.75, 3.05) is 32.7 Å². The molecule has 0 radical (unpaired) electrons. The molecule has 1 aliphatic rings. The third-order valence-corrected chi connectivity index (χ3v) is 3.96. The zero-order valence-electron chi connectivity index (χ0n) is 10.5. The Bertz CT molecular complexity index is 487. The molecule has 0 unspecified atom stereocenters. The van der Waals surface area contributed by atoms with Gasteiger partial charge in [0.1, 0.15) is 0 Å². The molecule has 19 heavy (non-hydrogen) atoms. The number of benzene rings is 1. The smallest absolute Gasteiger partial charge is 0.255 e. The van der Waals surface area contributed by atoms with E-state index in [4.69, 9.17) is 18.0 Å². The number of piperazine rings is 1. The highest BCUT2D eigenvalue weighted by Gasteiger charge is 2.23. The van der Waals surface area contributed by atoms with E-state index in [0.29, 0.717) is 30.2 Å². The Kier molecular flexibility index (Phi) is 4.90. The van der Waals surface area contributed by atoms with Crippen LogP contribution in [-0.4, -0.2) is 53.4 Å². The van der Waals surface area contributed by atoms with Gasteiger partial charge < -0.3 is 10.6 Å². The van der Waals surface area contributed by atoms with Gasteiger partial charge in [-0.15, -0.1) is 0 Å². The maximum absolute atomic E-state index is 12.4. The first-order chi connectivity index (χ1) is 9.08. The topological polar surface area (TPSA) is 49.6 Å². The lowest BCUT2D eigenvalue weighted by Gasteiger charge is -2.34. The molecule has 2 rings (SSSR count). The zero-order chi connectivity index (χ0) is 13.8. The Morgan fingerprint density at radius 1 is 1.26 bits per heavy atom. The van der Waals surface area contributed by atoms with Gasteiger partial charge in [0.05, 0.1) is 10.6 Å². The van der Waals surface area contributed by atoms with Crippen molar-refractivity contribution in [2.45, 2.75) is 0 Å². The van der Waals surface area contributed by atoms with Crippen molar-refractivity contribution in [1.29, 1.82) is 0 Å². The lowest BCUT2D eigenvalue weighted by Crippen LogP contribution is -2.50. The van der Waals surface area contributed by atoms with Gasteiger partial charge in [-0.2, -0.15) is 0 Å². The Balaban J connectivity index is 1.96. The van der Waals surface area contributed by atoms with Crippen molar-refractivity contribution in [2.24, 2.45) is 5.73 Å². The fourth-order valence-electron chi connectivity index (χ4n) is 2.13. The van der Waals surface area contributed by atoms with Gasteiger partial charge in [-0.05, 0) is 28.1 Å². The molecule has 1 heterocycles. The minimum absolute atomic E-state index is 0.0717. The molecule has 102 valence electrons. The molecule has 0 saturated carbocycles. The van der Waals surface area contributed by atoms with E-state index in [0.717, 1.165) is 17.6 Å². The first-order valence-electron chi connectivity index (χ1n) is 6.12. The van der Waals surface area contributed by atoms with Crippen LogP contribution in [0.1, 0.15) is 10.4 Å². The third-order valence-electron chi connectivity index (χ3n) is 3.14. The van der Waals surface area contributed by atoms with Crippen molar-refractivity contribution in [1.82, 2.24) is 9.80 Å². The van der Waals surface area contributed by atoms with Crippen LogP contribution in [0.4, 0.5) is 0 Å². The molecule has 1 amide bonds. The number of carbonyl (C=O) groups is 1. The molecular formula is C13H16BrN3OS. The van der Waals surface area contributed by atoms with Crippen LogP contribution in [0, 0.1) is 0 Å². The average molecular weight is 342 g/mol. The number of hydrogen-bond donors (Lipinski definition) is 1. The number of carbonyl (C=O) groups excluding carboxylic acids is 1. The maximum atomic E-state index is 12.4. The van der Waals surface area contributed by atoms with Gasteiger partial charge in [0.2, 0.25) is 0 Å². The van der Waals surface area contributed by atoms with E-state index in [2.05, 4.69) is 20.8 Å². The molecule has 1 aromatic rings. The van der Waals surface area contributed by atoms with Crippen LogP contribution in [0.15, 0.2) is 28.7 Å². The van der Waals surface area contributed by atoms with E-state index < -0.39 is 0 Å². The van der Waals surface area contributed by atoms with Crippen LogP contribution >= 0.6 is 28.1 Å². The molecular weight excluding hydrogens is 326 g/mol. The van der Waals surface area contributed by atoms with Gasteiger partial charge in [0.25, 0.3) is 5.91 Å². The van der Waals surface area contributed by atoms with Crippen molar-refractivity contribution in [3.05, 3.63) is 34.3 Å². The van der Waals surface area contributed by atoms with Crippen LogP contribution in [0.2, 0.25) is 0 Å². The summed E-state index contributed by atoms with van der Waals surface area (Å²) in [7, 11) is 0. The molecule has 6 heteroatoms. The predicted molar refractivity (Wildman–Crippen MR) is 83.3 cm³/mol. The summed E-state index contributed by atoms with van der Waals surface area (Å²) >= 11 is 8.32. The Morgan fingerprint density at radius 2 is 1.89 bits per heavy atom. The molecule has 0 aromatic heterocycles. The summed E-state index contributed by atoms with van der Waals surface area (Å²) in [4.78, 5) is 16.9. The fraction of sp³-hybridized carbons (Fsp3) is 0.385. The van der Waals surface area contributed by atoms with Gasteiger partial charge in [0, 0.05) is 37.2 Å². The number of rotatable bonds is 3. The molecule has 4 nitrogen and oxygen atoms in total. The van der Waals surface area contributed by atoms with Gasteiger partial charge in [-0.25, -0.2) is 0 Å². The molecule has 0 bridgehead atoms.